The fourth-order valence-electron chi connectivity index (χ4n) is 4.91. The Balaban J connectivity index is 1.59. The number of benzene rings is 1. The summed E-state index contributed by atoms with van der Waals surface area (Å²) in [4.78, 5) is 19.6. The second-order valence-corrected chi connectivity index (χ2v) is 9.89. The minimum atomic E-state index is -0.863. The van der Waals surface area contributed by atoms with Crippen LogP contribution < -0.4 is 10.1 Å². The molecule has 1 aromatic heterocycles. The Morgan fingerprint density at radius 3 is 2.47 bits per heavy atom. The van der Waals surface area contributed by atoms with E-state index in [2.05, 4.69) is 22.1 Å². The number of methoxy groups -OCH3 is 1. The van der Waals surface area contributed by atoms with E-state index in [0.717, 1.165) is 42.4 Å². The van der Waals surface area contributed by atoms with Gasteiger partial charge < -0.3 is 19.9 Å². The second-order valence-electron chi connectivity index (χ2n) is 9.89. The lowest BCUT2D eigenvalue weighted by Crippen LogP contribution is -2.50. The first-order valence-electron chi connectivity index (χ1n) is 13.8. The lowest BCUT2D eigenvalue weighted by atomic mass is 9.97. The first kappa shape index (κ1) is 28.4. The van der Waals surface area contributed by atoms with Crippen LogP contribution in [0.4, 0.5) is 0 Å². The van der Waals surface area contributed by atoms with Crippen LogP contribution in [0.3, 0.4) is 0 Å². The molecule has 0 spiro atoms. The van der Waals surface area contributed by atoms with Crippen molar-refractivity contribution in [1.29, 1.82) is 0 Å². The van der Waals surface area contributed by atoms with Gasteiger partial charge >= 0.3 is 0 Å². The van der Waals surface area contributed by atoms with Crippen LogP contribution >= 0.6 is 0 Å². The van der Waals surface area contributed by atoms with E-state index in [0.29, 0.717) is 31.9 Å². The highest BCUT2D eigenvalue weighted by Gasteiger charge is 2.27. The van der Waals surface area contributed by atoms with E-state index in [9.17, 15) is 9.90 Å². The molecule has 1 aliphatic heterocycles. The number of carbonyl (C=O) groups excluding carboxylic acids is 1. The van der Waals surface area contributed by atoms with E-state index in [4.69, 9.17) is 9.47 Å². The van der Waals surface area contributed by atoms with Crippen molar-refractivity contribution in [2.75, 3.05) is 40.0 Å². The first-order valence-corrected chi connectivity index (χ1v) is 13.8. The van der Waals surface area contributed by atoms with Gasteiger partial charge in [-0.05, 0) is 36.2 Å². The molecule has 0 saturated carbocycles. The summed E-state index contributed by atoms with van der Waals surface area (Å²) in [6.07, 6.45) is 12.3. The van der Waals surface area contributed by atoms with Crippen molar-refractivity contribution in [3.63, 3.8) is 0 Å². The number of rotatable bonds is 16. The molecule has 1 fully saturated rings. The standard InChI is InChI=1S/C29H45N3O4/c1-3-4-5-6-7-8-9-10-11-12-28(33)31-27(22-32-17-19-36-20-18-32)29(34)24-15-16-30-26-14-13-23(35-2)21-25(24)26/h13-16,21,27,29,34H,3-12,17-20,22H2,1-2H3,(H,31,33)/t27-,29-/m0/s1. The van der Waals surface area contributed by atoms with Crippen molar-refractivity contribution in [3.8, 4) is 5.75 Å². The number of ether oxygens (including phenoxy) is 2. The van der Waals surface area contributed by atoms with Crippen LogP contribution in [0.15, 0.2) is 30.5 Å². The van der Waals surface area contributed by atoms with Gasteiger partial charge in [-0.3, -0.25) is 14.7 Å². The van der Waals surface area contributed by atoms with Gasteiger partial charge in [-0.2, -0.15) is 0 Å². The summed E-state index contributed by atoms with van der Waals surface area (Å²) in [6.45, 7) is 5.74. The molecule has 1 aliphatic rings. The molecule has 2 atom stereocenters. The maximum Gasteiger partial charge on any atom is 0.220 e. The normalized spacial score (nSPS) is 16.1. The zero-order valence-electron chi connectivity index (χ0n) is 22.2. The summed E-state index contributed by atoms with van der Waals surface area (Å²) in [5.74, 6) is 0.717. The zero-order valence-corrected chi connectivity index (χ0v) is 22.2. The van der Waals surface area contributed by atoms with Crippen LogP contribution in [0, 0.1) is 0 Å². The number of aromatic nitrogens is 1. The quantitative estimate of drug-likeness (QED) is 0.316. The summed E-state index contributed by atoms with van der Waals surface area (Å²) in [6, 6.07) is 7.07. The molecule has 36 heavy (non-hydrogen) atoms. The monoisotopic (exact) mass is 499 g/mol. The summed E-state index contributed by atoms with van der Waals surface area (Å²) in [5.41, 5.74) is 1.54. The highest BCUT2D eigenvalue weighted by molar-refractivity contribution is 5.84. The number of aliphatic hydroxyl groups is 1. The van der Waals surface area contributed by atoms with Gasteiger partial charge in [-0.1, -0.05) is 58.3 Å². The van der Waals surface area contributed by atoms with E-state index in [-0.39, 0.29) is 5.91 Å². The number of fused-ring (bicyclic) bond motifs is 1. The van der Waals surface area contributed by atoms with Gasteiger partial charge in [0.25, 0.3) is 0 Å². The molecule has 7 nitrogen and oxygen atoms in total. The third kappa shape index (κ3) is 9.02. The van der Waals surface area contributed by atoms with Gasteiger partial charge in [-0.25, -0.2) is 0 Å². The second kappa shape index (κ2) is 15.8. The van der Waals surface area contributed by atoms with Gasteiger partial charge in [0.15, 0.2) is 0 Å². The molecule has 0 bridgehead atoms. The predicted octanol–water partition coefficient (Wildman–Crippen LogP) is 5.01. The average molecular weight is 500 g/mol. The molecule has 1 saturated heterocycles. The van der Waals surface area contributed by atoms with E-state index in [1.54, 1.807) is 13.3 Å². The Hall–Kier alpha value is -2.22. The van der Waals surface area contributed by atoms with Crippen molar-refractivity contribution < 1.29 is 19.4 Å². The Kier molecular flexibility index (Phi) is 12.4. The molecule has 2 heterocycles. The number of nitrogens with zero attached hydrogens (tertiary/aromatic N) is 2. The molecule has 2 N–H and O–H groups in total. The van der Waals surface area contributed by atoms with Gasteiger partial charge in [0.05, 0.1) is 31.9 Å². The SMILES string of the molecule is CCCCCCCCCCCC(=O)N[C@@H](CN1CCOCC1)[C@@H](O)c1ccnc2ccc(OC)cc12. The summed E-state index contributed by atoms with van der Waals surface area (Å²) in [7, 11) is 1.63. The lowest BCUT2D eigenvalue weighted by molar-refractivity contribution is -0.123. The lowest BCUT2D eigenvalue weighted by Gasteiger charge is -2.33. The number of hydrogen-bond acceptors (Lipinski definition) is 6. The Morgan fingerprint density at radius 2 is 1.78 bits per heavy atom. The van der Waals surface area contributed by atoms with E-state index < -0.39 is 12.1 Å². The molecular formula is C29H45N3O4. The van der Waals surface area contributed by atoms with Crippen LogP contribution in [0.1, 0.15) is 82.8 Å². The highest BCUT2D eigenvalue weighted by atomic mass is 16.5. The number of aliphatic hydroxyl groups excluding tert-OH is 1. The minimum absolute atomic E-state index is 0.00574. The van der Waals surface area contributed by atoms with Crippen LogP contribution in [0.2, 0.25) is 0 Å². The molecule has 1 aromatic carbocycles. The zero-order chi connectivity index (χ0) is 25.6. The molecule has 3 rings (SSSR count). The predicted molar refractivity (Wildman–Crippen MR) is 144 cm³/mol. The van der Waals surface area contributed by atoms with Crippen LogP contribution in [-0.4, -0.2) is 66.9 Å². The molecule has 2 aromatic rings. The summed E-state index contributed by atoms with van der Waals surface area (Å²) >= 11 is 0. The Bertz CT molecular complexity index is 917. The van der Waals surface area contributed by atoms with Crippen LogP contribution in [-0.2, 0) is 9.53 Å². The molecule has 7 heteroatoms. The molecule has 200 valence electrons. The van der Waals surface area contributed by atoms with Crippen molar-refractivity contribution >= 4 is 16.8 Å². The Labute approximate surface area is 216 Å². The van der Waals surface area contributed by atoms with Gasteiger partial charge in [-0.15, -0.1) is 0 Å². The third-order valence-electron chi connectivity index (χ3n) is 7.09. The number of unbranched alkanes of at least 4 members (excludes halogenated alkanes) is 8. The number of hydrogen-bond donors (Lipinski definition) is 2. The van der Waals surface area contributed by atoms with Crippen molar-refractivity contribution in [2.45, 2.75) is 83.3 Å². The highest BCUT2D eigenvalue weighted by Crippen LogP contribution is 2.29. The summed E-state index contributed by atoms with van der Waals surface area (Å²) in [5, 5.41) is 15.5. The maximum atomic E-state index is 12.9. The van der Waals surface area contributed by atoms with E-state index in [1.165, 1.54) is 44.9 Å². The number of carbonyl (C=O) groups is 1. The van der Waals surface area contributed by atoms with E-state index >= 15 is 0 Å². The van der Waals surface area contributed by atoms with Gasteiger partial charge in [0.1, 0.15) is 11.9 Å². The van der Waals surface area contributed by atoms with E-state index in [1.807, 2.05) is 24.3 Å². The fraction of sp³-hybridized carbons (Fsp3) is 0.655. The van der Waals surface area contributed by atoms with Gasteiger partial charge in [0.2, 0.25) is 5.91 Å². The molecule has 1 amide bonds. The Morgan fingerprint density at radius 1 is 1.08 bits per heavy atom. The van der Waals surface area contributed by atoms with Crippen molar-refractivity contribution in [2.24, 2.45) is 0 Å². The van der Waals surface area contributed by atoms with Crippen molar-refractivity contribution in [1.82, 2.24) is 15.2 Å². The average Bonchev–Trinajstić information content (AvgIpc) is 2.91. The third-order valence-corrected chi connectivity index (χ3v) is 7.09. The minimum Gasteiger partial charge on any atom is -0.497 e. The number of amides is 1. The van der Waals surface area contributed by atoms with Crippen LogP contribution in [0.25, 0.3) is 10.9 Å². The topological polar surface area (TPSA) is 83.9 Å². The molecular weight excluding hydrogens is 454 g/mol. The maximum absolute atomic E-state index is 12.9. The first-order chi connectivity index (χ1) is 17.6. The fourth-order valence-corrected chi connectivity index (χ4v) is 4.91. The molecule has 0 unspecified atom stereocenters. The summed E-state index contributed by atoms with van der Waals surface area (Å²) < 4.78 is 10.9. The molecule has 0 aliphatic carbocycles. The number of nitrogens with one attached hydrogen (secondary N) is 1. The largest absolute Gasteiger partial charge is 0.497 e. The number of morpholine rings is 1. The number of pyridine rings is 1. The van der Waals surface area contributed by atoms with Crippen LogP contribution in [0.5, 0.6) is 5.75 Å². The van der Waals surface area contributed by atoms with Gasteiger partial charge in [0, 0.05) is 37.6 Å². The smallest absolute Gasteiger partial charge is 0.220 e. The molecule has 0 radical (unpaired) electrons. The van der Waals surface area contributed by atoms with Crippen molar-refractivity contribution in [3.05, 3.63) is 36.0 Å².